The van der Waals surface area contributed by atoms with Gasteiger partial charge in [0.15, 0.2) is 5.15 Å². The zero-order valence-corrected chi connectivity index (χ0v) is 9.54. The van der Waals surface area contributed by atoms with Crippen LogP contribution < -0.4 is 11.1 Å². The largest absolute Gasteiger partial charge is 0.385 e. The first-order valence-corrected chi connectivity index (χ1v) is 5.78. The molecule has 0 spiro atoms. The highest BCUT2D eigenvalue weighted by Gasteiger charge is 2.23. The first-order chi connectivity index (χ1) is 7.77. The Bertz CT molecular complexity index is 528. The molecule has 1 atom stereocenters. The molecule has 1 unspecified atom stereocenters. The van der Waals surface area contributed by atoms with E-state index in [4.69, 9.17) is 17.3 Å². The second-order valence-corrected chi connectivity index (χ2v) is 4.48. The van der Waals surface area contributed by atoms with Crippen LogP contribution >= 0.6 is 11.6 Å². The van der Waals surface area contributed by atoms with Gasteiger partial charge in [0.2, 0.25) is 0 Å². The van der Waals surface area contributed by atoms with Crippen LogP contribution in [0.15, 0.2) is 18.2 Å². The summed E-state index contributed by atoms with van der Waals surface area (Å²) in [6, 6.07) is 5.71. The minimum atomic E-state index is 0.407. The first-order valence-electron chi connectivity index (χ1n) is 5.40. The van der Waals surface area contributed by atoms with Crippen molar-refractivity contribution in [2.75, 3.05) is 18.8 Å². The van der Waals surface area contributed by atoms with Crippen LogP contribution in [0.2, 0.25) is 5.15 Å². The van der Waals surface area contributed by atoms with Gasteiger partial charge in [-0.2, -0.15) is 0 Å². The molecule has 3 rings (SSSR count). The Hall–Kier alpha value is -1.26. The number of rotatable bonds is 1. The van der Waals surface area contributed by atoms with E-state index in [2.05, 4.69) is 10.3 Å². The van der Waals surface area contributed by atoms with E-state index in [-0.39, 0.29) is 0 Å². The van der Waals surface area contributed by atoms with E-state index in [1.807, 2.05) is 22.6 Å². The molecule has 0 aromatic carbocycles. The Labute approximate surface area is 98.4 Å². The lowest BCUT2D eigenvalue weighted by molar-refractivity contribution is 0.701. The highest BCUT2D eigenvalue weighted by molar-refractivity contribution is 6.32. The molecule has 5 heteroatoms. The van der Waals surface area contributed by atoms with Crippen LogP contribution in [0.5, 0.6) is 0 Å². The molecule has 1 saturated heterocycles. The van der Waals surface area contributed by atoms with Gasteiger partial charge in [0.25, 0.3) is 0 Å². The van der Waals surface area contributed by atoms with Gasteiger partial charge in [-0.3, -0.25) is 4.40 Å². The molecule has 0 radical (unpaired) electrons. The summed E-state index contributed by atoms with van der Waals surface area (Å²) in [5.74, 6) is 2.08. The Balaban J connectivity index is 2.24. The van der Waals surface area contributed by atoms with Gasteiger partial charge in [0.05, 0.1) is 5.52 Å². The summed E-state index contributed by atoms with van der Waals surface area (Å²) in [6.45, 7) is 1.98. The number of imidazole rings is 1. The number of hydrogen-bond donors (Lipinski definition) is 2. The van der Waals surface area contributed by atoms with Gasteiger partial charge >= 0.3 is 0 Å². The summed E-state index contributed by atoms with van der Waals surface area (Å²) in [6.07, 6.45) is 1.09. The number of aromatic nitrogens is 2. The molecule has 1 aliphatic rings. The highest BCUT2D eigenvalue weighted by Crippen LogP contribution is 2.28. The maximum Gasteiger partial charge on any atom is 0.155 e. The van der Waals surface area contributed by atoms with Gasteiger partial charge < -0.3 is 11.1 Å². The maximum atomic E-state index is 6.12. The van der Waals surface area contributed by atoms with Crippen molar-refractivity contribution >= 4 is 22.9 Å². The summed E-state index contributed by atoms with van der Waals surface area (Å²) < 4.78 is 1.96. The zero-order chi connectivity index (χ0) is 11.1. The molecule has 3 heterocycles. The molecule has 2 aromatic heterocycles. The van der Waals surface area contributed by atoms with Gasteiger partial charge in [-0.25, -0.2) is 4.98 Å². The first kappa shape index (κ1) is 9.93. The van der Waals surface area contributed by atoms with Crippen LogP contribution in [-0.4, -0.2) is 22.5 Å². The van der Waals surface area contributed by atoms with Crippen molar-refractivity contribution in [3.05, 3.63) is 29.2 Å². The summed E-state index contributed by atoms with van der Waals surface area (Å²) in [5, 5.41) is 3.86. The topological polar surface area (TPSA) is 55.3 Å². The van der Waals surface area contributed by atoms with Gasteiger partial charge in [-0.1, -0.05) is 17.7 Å². The lowest BCUT2D eigenvalue weighted by atomic mass is 10.1. The number of pyridine rings is 1. The smallest absolute Gasteiger partial charge is 0.155 e. The van der Waals surface area contributed by atoms with Crippen LogP contribution in [-0.2, 0) is 0 Å². The van der Waals surface area contributed by atoms with E-state index >= 15 is 0 Å². The van der Waals surface area contributed by atoms with Crippen molar-refractivity contribution in [2.45, 2.75) is 12.3 Å². The Morgan fingerprint density at radius 2 is 2.38 bits per heavy atom. The molecule has 3 N–H and O–H groups in total. The van der Waals surface area contributed by atoms with Gasteiger partial charge in [-0.05, 0) is 25.1 Å². The van der Waals surface area contributed by atoms with E-state index in [9.17, 15) is 0 Å². The number of nitrogen functional groups attached to an aromatic ring is 1. The van der Waals surface area contributed by atoms with Crippen molar-refractivity contribution in [1.82, 2.24) is 14.7 Å². The number of hydrogen-bond acceptors (Lipinski definition) is 3. The van der Waals surface area contributed by atoms with Crippen molar-refractivity contribution in [3.63, 3.8) is 0 Å². The fourth-order valence-corrected chi connectivity index (χ4v) is 2.53. The van der Waals surface area contributed by atoms with Crippen molar-refractivity contribution in [1.29, 1.82) is 0 Å². The second-order valence-electron chi connectivity index (χ2n) is 4.12. The molecule has 0 aliphatic carbocycles. The van der Waals surface area contributed by atoms with Crippen LogP contribution in [0.1, 0.15) is 18.2 Å². The lowest BCUT2D eigenvalue weighted by Gasteiger charge is -2.08. The third kappa shape index (κ3) is 1.37. The van der Waals surface area contributed by atoms with Crippen molar-refractivity contribution in [2.24, 2.45) is 0 Å². The monoisotopic (exact) mass is 236 g/mol. The van der Waals surface area contributed by atoms with Crippen molar-refractivity contribution < 1.29 is 0 Å². The van der Waals surface area contributed by atoms with Crippen LogP contribution in [0.4, 0.5) is 5.82 Å². The lowest BCUT2D eigenvalue weighted by Crippen LogP contribution is -2.11. The SMILES string of the molecule is Nc1cccc2c(Cl)nc(C3CCNC3)n12. The quantitative estimate of drug-likeness (QED) is 0.792. The molecule has 84 valence electrons. The summed E-state index contributed by atoms with van der Waals surface area (Å²) >= 11 is 6.12. The van der Waals surface area contributed by atoms with Gasteiger partial charge in [0.1, 0.15) is 11.6 Å². The molecule has 0 saturated carbocycles. The maximum absolute atomic E-state index is 6.12. The average molecular weight is 237 g/mol. The molecule has 0 bridgehead atoms. The summed E-state index contributed by atoms with van der Waals surface area (Å²) in [4.78, 5) is 4.44. The Morgan fingerprint density at radius 3 is 3.12 bits per heavy atom. The standard InChI is InChI=1S/C11H13ClN4/c12-10-8-2-1-3-9(13)16(8)11(15-10)7-4-5-14-6-7/h1-3,7,14H,4-6,13H2. The molecule has 2 aromatic rings. The molecule has 4 nitrogen and oxygen atoms in total. The zero-order valence-electron chi connectivity index (χ0n) is 8.78. The van der Waals surface area contributed by atoms with E-state index in [0.29, 0.717) is 16.9 Å². The number of nitrogens with one attached hydrogen (secondary N) is 1. The number of fused-ring (bicyclic) bond motifs is 1. The van der Waals surface area contributed by atoms with E-state index in [1.54, 1.807) is 0 Å². The summed E-state index contributed by atoms with van der Waals surface area (Å²) in [5.41, 5.74) is 6.87. The predicted molar refractivity (Wildman–Crippen MR) is 64.8 cm³/mol. The minimum absolute atomic E-state index is 0.407. The molecular formula is C11H13ClN4. The highest BCUT2D eigenvalue weighted by atomic mass is 35.5. The minimum Gasteiger partial charge on any atom is -0.385 e. The molecule has 1 aliphatic heterocycles. The fourth-order valence-electron chi connectivity index (χ4n) is 2.30. The van der Waals surface area contributed by atoms with E-state index in [0.717, 1.165) is 30.9 Å². The molecule has 16 heavy (non-hydrogen) atoms. The van der Waals surface area contributed by atoms with Gasteiger partial charge in [-0.15, -0.1) is 0 Å². The summed E-state index contributed by atoms with van der Waals surface area (Å²) in [7, 11) is 0. The third-order valence-corrected chi connectivity index (χ3v) is 3.38. The van der Waals surface area contributed by atoms with Crippen molar-refractivity contribution in [3.8, 4) is 0 Å². The van der Waals surface area contributed by atoms with Crippen LogP contribution in [0.25, 0.3) is 5.52 Å². The molecule has 1 fully saturated rings. The Kier molecular flexibility index (Phi) is 2.26. The number of nitrogens with two attached hydrogens (primary N) is 1. The number of nitrogens with zero attached hydrogens (tertiary/aromatic N) is 2. The average Bonchev–Trinajstić information content (AvgIpc) is 2.87. The van der Waals surface area contributed by atoms with E-state index < -0.39 is 0 Å². The Morgan fingerprint density at radius 1 is 1.50 bits per heavy atom. The van der Waals surface area contributed by atoms with Crippen LogP contribution in [0, 0.1) is 0 Å². The van der Waals surface area contributed by atoms with E-state index in [1.165, 1.54) is 0 Å². The predicted octanol–water partition coefficient (Wildman–Crippen LogP) is 1.65. The fraction of sp³-hybridized carbons (Fsp3) is 0.364. The normalized spacial score (nSPS) is 20.7. The molecule has 0 amide bonds. The molecular weight excluding hydrogens is 224 g/mol. The number of halogens is 1. The van der Waals surface area contributed by atoms with Crippen LogP contribution in [0.3, 0.4) is 0 Å². The number of anilines is 1. The van der Waals surface area contributed by atoms with Gasteiger partial charge in [0, 0.05) is 12.5 Å². The third-order valence-electron chi connectivity index (χ3n) is 3.10. The second kappa shape index (κ2) is 3.64.